The number of alkyl halides is 3. The zero-order chi connectivity index (χ0) is 19.0. The number of anilines is 1. The van der Waals surface area contributed by atoms with Gasteiger partial charge >= 0.3 is 6.18 Å². The van der Waals surface area contributed by atoms with Crippen molar-refractivity contribution in [2.24, 2.45) is 0 Å². The van der Waals surface area contributed by atoms with E-state index in [1.165, 1.54) is 12.1 Å². The summed E-state index contributed by atoms with van der Waals surface area (Å²) in [5, 5.41) is 1.87. The molecule has 4 rings (SSSR count). The van der Waals surface area contributed by atoms with Crippen molar-refractivity contribution in [2.45, 2.75) is 6.18 Å². The number of nitrogen functional groups attached to an aromatic ring is 1. The molecule has 0 radical (unpaired) electrons. The summed E-state index contributed by atoms with van der Waals surface area (Å²) in [5.74, 6) is 0. The maximum atomic E-state index is 12.9. The minimum absolute atomic E-state index is 0.562. The molecule has 0 aliphatic rings. The number of benzene rings is 4. The van der Waals surface area contributed by atoms with Crippen LogP contribution in [-0.2, 0) is 6.18 Å². The molecule has 1 nitrogen and oxygen atoms in total. The van der Waals surface area contributed by atoms with Crippen LogP contribution in [0, 0.1) is 0 Å². The van der Waals surface area contributed by atoms with E-state index >= 15 is 0 Å². The van der Waals surface area contributed by atoms with Crippen LogP contribution >= 0.6 is 0 Å². The zero-order valence-electron chi connectivity index (χ0n) is 14.3. The number of halogens is 3. The number of fused-ring (bicyclic) bond motifs is 1. The molecule has 0 saturated heterocycles. The van der Waals surface area contributed by atoms with E-state index in [2.05, 4.69) is 0 Å². The van der Waals surface area contributed by atoms with Crippen molar-refractivity contribution in [1.82, 2.24) is 0 Å². The van der Waals surface area contributed by atoms with Crippen LogP contribution in [0.4, 0.5) is 18.9 Å². The molecule has 0 saturated carbocycles. The molecule has 2 N–H and O–H groups in total. The molecule has 0 fully saturated rings. The molecule has 0 aliphatic heterocycles. The van der Waals surface area contributed by atoms with Gasteiger partial charge in [-0.1, -0.05) is 66.7 Å². The van der Waals surface area contributed by atoms with Gasteiger partial charge in [-0.3, -0.25) is 0 Å². The highest BCUT2D eigenvalue weighted by molar-refractivity contribution is 6.07. The summed E-state index contributed by atoms with van der Waals surface area (Å²) < 4.78 is 38.8. The van der Waals surface area contributed by atoms with E-state index in [1.54, 1.807) is 0 Å². The molecule has 0 unspecified atom stereocenters. The maximum absolute atomic E-state index is 12.9. The van der Waals surface area contributed by atoms with Crippen molar-refractivity contribution < 1.29 is 13.2 Å². The predicted octanol–water partition coefficient (Wildman–Crippen LogP) is 6.77. The molecule has 0 bridgehead atoms. The molecule has 0 spiro atoms. The van der Waals surface area contributed by atoms with Crippen molar-refractivity contribution in [3.63, 3.8) is 0 Å². The molecule has 0 heterocycles. The van der Waals surface area contributed by atoms with Crippen molar-refractivity contribution in [3.05, 3.63) is 90.5 Å². The fourth-order valence-electron chi connectivity index (χ4n) is 3.36. The topological polar surface area (TPSA) is 26.0 Å². The summed E-state index contributed by atoms with van der Waals surface area (Å²) in [4.78, 5) is 0. The number of nitrogens with two attached hydrogens (primary N) is 1. The molecular formula is C23H16F3N. The molecule has 4 heteroatoms. The average Bonchev–Trinajstić information content (AvgIpc) is 2.68. The smallest absolute Gasteiger partial charge is 0.398 e. The van der Waals surface area contributed by atoms with Gasteiger partial charge in [-0.05, 0) is 40.3 Å². The first-order valence-electron chi connectivity index (χ1n) is 8.49. The standard InChI is InChI=1S/C23H16F3N/c24-23(25,26)18-12-10-16(11-13-18)21-20(15-6-2-1-3-7-15)14-17-8-4-5-9-19(17)22(21)27/h1-14H,27H2. The van der Waals surface area contributed by atoms with E-state index in [4.69, 9.17) is 5.73 Å². The van der Waals surface area contributed by atoms with E-state index in [1.807, 2.05) is 60.7 Å². The highest BCUT2D eigenvalue weighted by atomic mass is 19.4. The normalized spacial score (nSPS) is 11.7. The SMILES string of the molecule is Nc1c(-c2ccc(C(F)(F)F)cc2)c(-c2ccccc2)cc2ccccc12. The second-order valence-corrected chi connectivity index (χ2v) is 6.38. The Bertz CT molecular complexity index is 1100. The Morgan fingerprint density at radius 1 is 0.667 bits per heavy atom. The molecule has 0 aliphatic carbocycles. The van der Waals surface area contributed by atoms with Gasteiger partial charge in [0.05, 0.1) is 5.56 Å². The van der Waals surface area contributed by atoms with Crippen molar-refractivity contribution >= 4 is 16.5 Å². The van der Waals surface area contributed by atoms with Gasteiger partial charge in [0.15, 0.2) is 0 Å². The summed E-state index contributed by atoms with van der Waals surface area (Å²) in [6, 6.07) is 24.7. The monoisotopic (exact) mass is 363 g/mol. The summed E-state index contributed by atoms with van der Waals surface area (Å²) in [6.07, 6.45) is -4.37. The van der Waals surface area contributed by atoms with Gasteiger partial charge in [0, 0.05) is 16.6 Å². The van der Waals surface area contributed by atoms with E-state index in [-0.39, 0.29) is 0 Å². The Morgan fingerprint density at radius 2 is 1.30 bits per heavy atom. The molecule has 4 aromatic carbocycles. The van der Waals surface area contributed by atoms with E-state index in [0.717, 1.165) is 39.6 Å². The molecule has 27 heavy (non-hydrogen) atoms. The molecule has 0 aromatic heterocycles. The number of hydrogen-bond donors (Lipinski definition) is 1. The second kappa shape index (κ2) is 6.47. The first kappa shape index (κ1) is 17.2. The van der Waals surface area contributed by atoms with Gasteiger partial charge in [-0.25, -0.2) is 0 Å². The third-order valence-corrected chi connectivity index (χ3v) is 4.68. The van der Waals surface area contributed by atoms with Gasteiger partial charge in [0.1, 0.15) is 0 Å². The van der Waals surface area contributed by atoms with Crippen LogP contribution in [0.1, 0.15) is 5.56 Å². The maximum Gasteiger partial charge on any atom is 0.416 e. The lowest BCUT2D eigenvalue weighted by molar-refractivity contribution is -0.137. The Morgan fingerprint density at radius 3 is 1.96 bits per heavy atom. The summed E-state index contributed by atoms with van der Waals surface area (Å²) in [5.41, 5.74) is 9.64. The summed E-state index contributed by atoms with van der Waals surface area (Å²) >= 11 is 0. The van der Waals surface area contributed by atoms with E-state index in [0.29, 0.717) is 11.3 Å². The van der Waals surface area contributed by atoms with Crippen molar-refractivity contribution in [2.75, 3.05) is 5.73 Å². The third-order valence-electron chi connectivity index (χ3n) is 4.68. The number of hydrogen-bond acceptors (Lipinski definition) is 1. The van der Waals surface area contributed by atoms with Crippen molar-refractivity contribution in [1.29, 1.82) is 0 Å². The predicted molar refractivity (Wildman–Crippen MR) is 104 cm³/mol. The van der Waals surface area contributed by atoms with E-state index in [9.17, 15) is 13.2 Å². The third kappa shape index (κ3) is 3.14. The van der Waals surface area contributed by atoms with Gasteiger partial charge in [-0.2, -0.15) is 13.2 Å². The van der Waals surface area contributed by atoms with Gasteiger partial charge in [0.25, 0.3) is 0 Å². The fraction of sp³-hybridized carbons (Fsp3) is 0.0435. The van der Waals surface area contributed by atoms with Crippen LogP contribution < -0.4 is 5.73 Å². The minimum Gasteiger partial charge on any atom is -0.398 e. The van der Waals surface area contributed by atoms with Gasteiger partial charge in [-0.15, -0.1) is 0 Å². The first-order valence-corrected chi connectivity index (χ1v) is 8.49. The van der Waals surface area contributed by atoms with Crippen molar-refractivity contribution in [3.8, 4) is 22.3 Å². The van der Waals surface area contributed by atoms with Crippen LogP contribution in [0.5, 0.6) is 0 Å². The van der Waals surface area contributed by atoms with Gasteiger partial charge < -0.3 is 5.73 Å². The summed E-state index contributed by atoms with van der Waals surface area (Å²) in [7, 11) is 0. The van der Waals surface area contributed by atoms with Crippen LogP contribution in [-0.4, -0.2) is 0 Å². The quantitative estimate of drug-likeness (QED) is 0.391. The summed E-state index contributed by atoms with van der Waals surface area (Å²) in [6.45, 7) is 0. The molecular weight excluding hydrogens is 347 g/mol. The Kier molecular flexibility index (Phi) is 4.11. The lowest BCUT2D eigenvalue weighted by Gasteiger charge is -2.17. The average molecular weight is 363 g/mol. The lowest BCUT2D eigenvalue weighted by atomic mass is 9.89. The minimum atomic E-state index is -4.37. The van der Waals surface area contributed by atoms with Crippen LogP contribution in [0.3, 0.4) is 0 Å². The molecule has 4 aromatic rings. The lowest BCUT2D eigenvalue weighted by Crippen LogP contribution is -2.04. The van der Waals surface area contributed by atoms with Gasteiger partial charge in [0.2, 0.25) is 0 Å². The van der Waals surface area contributed by atoms with Crippen LogP contribution in [0.2, 0.25) is 0 Å². The second-order valence-electron chi connectivity index (χ2n) is 6.38. The zero-order valence-corrected chi connectivity index (χ0v) is 14.3. The first-order chi connectivity index (χ1) is 12.9. The number of rotatable bonds is 2. The highest BCUT2D eigenvalue weighted by Crippen LogP contribution is 2.42. The molecule has 134 valence electrons. The highest BCUT2D eigenvalue weighted by Gasteiger charge is 2.30. The van der Waals surface area contributed by atoms with Crippen LogP contribution in [0.15, 0.2) is 84.9 Å². The van der Waals surface area contributed by atoms with Crippen LogP contribution in [0.25, 0.3) is 33.0 Å². The Balaban J connectivity index is 1.99. The molecule has 0 amide bonds. The molecule has 0 atom stereocenters. The van der Waals surface area contributed by atoms with E-state index < -0.39 is 11.7 Å². The Labute approximate surface area is 154 Å². The Hall–Kier alpha value is -3.27. The fourth-order valence-corrected chi connectivity index (χ4v) is 3.36. The largest absolute Gasteiger partial charge is 0.416 e.